The van der Waals surface area contributed by atoms with Crippen LogP contribution < -0.4 is 5.30 Å². The normalized spacial score (nSPS) is 12.8. The third kappa shape index (κ3) is 3.64. The molecule has 0 saturated heterocycles. The second kappa shape index (κ2) is 4.53. The highest BCUT2D eigenvalue weighted by molar-refractivity contribution is 7.60. The van der Waals surface area contributed by atoms with Crippen molar-refractivity contribution >= 4 is 20.5 Å². The summed E-state index contributed by atoms with van der Waals surface area (Å²) >= 11 is 0. The average Bonchev–Trinajstić information content (AvgIpc) is 2.08. The minimum absolute atomic E-state index is 0.0481. The summed E-state index contributed by atoms with van der Waals surface area (Å²) in [5.74, 6) is -0.505. The molecule has 0 heterocycles. The third-order valence-corrected chi connectivity index (χ3v) is 4.04. The second-order valence-electron chi connectivity index (χ2n) is 3.58. The fourth-order valence-corrected chi connectivity index (χ4v) is 2.92. The van der Waals surface area contributed by atoms with E-state index in [1.54, 1.807) is 0 Å². The Kier molecular flexibility index (Phi) is 3.84. The summed E-state index contributed by atoms with van der Waals surface area (Å²) in [6.07, 6.45) is -0.679. The molecule has 0 fully saturated rings. The molecule has 5 N–H and O–H groups in total. The summed E-state index contributed by atoms with van der Waals surface area (Å²) in [5.41, 5.74) is -0.127. The molecule has 1 aromatic carbocycles. The molecule has 0 spiro atoms. The standard InChI is InChI=1S/C8H12O7P2/c1-5-7(17(13,14)15)3-2-6(8(5)9)4-16(10,11)12/h2-3,9H,4H2,1H3,(H2,10,11,12)(H2,13,14,15). The first-order valence-electron chi connectivity index (χ1n) is 4.44. The Hall–Kier alpha value is -0.680. The predicted octanol–water partition coefficient (Wildman–Crippen LogP) is 0.181. The number of hydrogen-bond acceptors (Lipinski definition) is 3. The van der Waals surface area contributed by atoms with E-state index in [4.69, 9.17) is 19.6 Å². The van der Waals surface area contributed by atoms with Gasteiger partial charge in [0.25, 0.3) is 0 Å². The van der Waals surface area contributed by atoms with E-state index in [0.717, 1.165) is 12.1 Å². The Morgan fingerprint density at radius 3 is 2.06 bits per heavy atom. The number of benzene rings is 1. The highest BCUT2D eigenvalue weighted by Crippen LogP contribution is 2.43. The summed E-state index contributed by atoms with van der Waals surface area (Å²) in [6.45, 7) is 1.27. The van der Waals surface area contributed by atoms with E-state index < -0.39 is 27.1 Å². The first kappa shape index (κ1) is 14.4. The first-order valence-corrected chi connectivity index (χ1v) is 7.85. The summed E-state index contributed by atoms with van der Waals surface area (Å²) < 4.78 is 21.8. The van der Waals surface area contributed by atoms with Gasteiger partial charge in [0.1, 0.15) is 5.75 Å². The van der Waals surface area contributed by atoms with E-state index >= 15 is 0 Å². The van der Waals surface area contributed by atoms with Crippen molar-refractivity contribution in [2.24, 2.45) is 0 Å². The number of hydrogen-bond donors (Lipinski definition) is 5. The van der Waals surface area contributed by atoms with Gasteiger partial charge in [-0.2, -0.15) is 0 Å². The molecular formula is C8H12O7P2. The van der Waals surface area contributed by atoms with Crippen LogP contribution in [0.3, 0.4) is 0 Å². The van der Waals surface area contributed by atoms with E-state index in [2.05, 4.69) is 0 Å². The second-order valence-corrected chi connectivity index (χ2v) is 6.80. The Morgan fingerprint density at radius 1 is 1.12 bits per heavy atom. The largest absolute Gasteiger partial charge is 0.507 e. The molecule has 1 aromatic rings. The maximum Gasteiger partial charge on any atom is 0.356 e. The van der Waals surface area contributed by atoms with Gasteiger partial charge in [-0.3, -0.25) is 9.13 Å². The Bertz CT molecular complexity index is 527. The van der Waals surface area contributed by atoms with Crippen molar-refractivity contribution in [2.45, 2.75) is 13.1 Å². The molecule has 0 unspecified atom stereocenters. The fourth-order valence-electron chi connectivity index (χ4n) is 1.41. The van der Waals surface area contributed by atoms with Crippen LogP contribution in [0, 0.1) is 6.92 Å². The summed E-state index contributed by atoms with van der Waals surface area (Å²) in [6, 6.07) is 2.15. The van der Waals surface area contributed by atoms with Crippen LogP contribution in [0.25, 0.3) is 0 Å². The molecule has 1 rings (SSSR count). The monoisotopic (exact) mass is 282 g/mol. The molecule has 0 saturated carbocycles. The molecule has 0 amide bonds. The lowest BCUT2D eigenvalue weighted by Gasteiger charge is -2.13. The first-order chi connectivity index (χ1) is 7.52. The van der Waals surface area contributed by atoms with Gasteiger partial charge < -0.3 is 24.7 Å². The topological polar surface area (TPSA) is 135 Å². The van der Waals surface area contributed by atoms with Crippen molar-refractivity contribution in [1.29, 1.82) is 0 Å². The molecule has 9 heteroatoms. The van der Waals surface area contributed by atoms with Gasteiger partial charge in [-0.05, 0) is 13.0 Å². The van der Waals surface area contributed by atoms with Crippen LogP contribution in [-0.4, -0.2) is 24.7 Å². The lowest BCUT2D eigenvalue weighted by molar-refractivity contribution is 0.370. The van der Waals surface area contributed by atoms with Gasteiger partial charge in [-0.25, -0.2) is 0 Å². The summed E-state index contributed by atoms with van der Waals surface area (Å²) in [5, 5.41) is 9.26. The molecule has 17 heavy (non-hydrogen) atoms. The van der Waals surface area contributed by atoms with Crippen molar-refractivity contribution in [3.8, 4) is 5.75 Å². The van der Waals surface area contributed by atoms with Crippen LogP contribution in [-0.2, 0) is 15.3 Å². The molecule has 0 atom stereocenters. The molecule has 0 aliphatic heterocycles. The molecular weight excluding hydrogens is 270 g/mol. The predicted molar refractivity (Wildman–Crippen MR) is 60.3 cm³/mol. The fraction of sp³-hybridized carbons (Fsp3) is 0.250. The minimum atomic E-state index is -4.51. The van der Waals surface area contributed by atoms with Gasteiger partial charge in [0.05, 0.1) is 11.5 Å². The van der Waals surface area contributed by atoms with Gasteiger partial charge >= 0.3 is 15.2 Å². The van der Waals surface area contributed by atoms with Crippen molar-refractivity contribution in [2.75, 3.05) is 0 Å². The van der Waals surface area contributed by atoms with Gasteiger partial charge in [-0.1, -0.05) is 6.07 Å². The zero-order valence-corrected chi connectivity index (χ0v) is 10.6. The Morgan fingerprint density at radius 2 is 1.65 bits per heavy atom. The molecule has 96 valence electrons. The van der Waals surface area contributed by atoms with Crippen molar-refractivity contribution < 1.29 is 33.8 Å². The quantitative estimate of drug-likeness (QED) is 0.499. The zero-order chi connectivity index (χ0) is 13.4. The number of aromatic hydroxyl groups is 1. The molecule has 0 aromatic heterocycles. The molecule has 0 radical (unpaired) electrons. The maximum absolute atomic E-state index is 11.0. The van der Waals surface area contributed by atoms with Gasteiger partial charge in [0.2, 0.25) is 0 Å². The van der Waals surface area contributed by atoms with Crippen LogP contribution in [0.5, 0.6) is 5.75 Å². The van der Waals surface area contributed by atoms with E-state index in [9.17, 15) is 14.2 Å². The van der Waals surface area contributed by atoms with Crippen molar-refractivity contribution in [3.63, 3.8) is 0 Å². The molecule has 0 aliphatic rings. The lowest BCUT2D eigenvalue weighted by Crippen LogP contribution is -2.09. The van der Waals surface area contributed by atoms with Crippen molar-refractivity contribution in [1.82, 2.24) is 0 Å². The smallest absolute Gasteiger partial charge is 0.356 e. The molecule has 0 bridgehead atoms. The maximum atomic E-state index is 11.0. The zero-order valence-electron chi connectivity index (χ0n) is 8.81. The lowest BCUT2D eigenvalue weighted by atomic mass is 10.1. The highest BCUT2D eigenvalue weighted by Gasteiger charge is 2.25. The summed E-state index contributed by atoms with van der Waals surface area (Å²) in [7, 11) is -8.85. The minimum Gasteiger partial charge on any atom is -0.507 e. The van der Waals surface area contributed by atoms with Gasteiger partial charge in [-0.15, -0.1) is 0 Å². The Balaban J connectivity index is 3.30. The van der Waals surface area contributed by atoms with Gasteiger partial charge in [0.15, 0.2) is 0 Å². The third-order valence-electron chi connectivity index (χ3n) is 2.18. The number of rotatable bonds is 3. The van der Waals surface area contributed by atoms with Crippen molar-refractivity contribution in [3.05, 3.63) is 23.3 Å². The van der Waals surface area contributed by atoms with E-state index in [-0.39, 0.29) is 16.4 Å². The van der Waals surface area contributed by atoms with Crippen LogP contribution in [0.4, 0.5) is 0 Å². The SMILES string of the molecule is Cc1c(P(=O)(O)O)ccc(CP(=O)(O)O)c1O. The van der Waals surface area contributed by atoms with E-state index in [1.165, 1.54) is 6.92 Å². The van der Waals surface area contributed by atoms with Crippen LogP contribution in [0.2, 0.25) is 0 Å². The number of phenolic OH excluding ortho intramolecular Hbond substituents is 1. The summed E-state index contributed by atoms with van der Waals surface area (Å²) in [4.78, 5) is 35.5. The number of phenols is 1. The van der Waals surface area contributed by atoms with Crippen LogP contribution in [0.15, 0.2) is 12.1 Å². The highest BCUT2D eigenvalue weighted by atomic mass is 31.2. The molecule has 7 nitrogen and oxygen atoms in total. The van der Waals surface area contributed by atoms with Gasteiger partial charge in [0, 0.05) is 11.1 Å². The Labute approximate surface area is 97.1 Å². The van der Waals surface area contributed by atoms with E-state index in [0.29, 0.717) is 0 Å². The van der Waals surface area contributed by atoms with Crippen LogP contribution in [0.1, 0.15) is 11.1 Å². The average molecular weight is 282 g/mol. The van der Waals surface area contributed by atoms with Crippen LogP contribution >= 0.6 is 15.2 Å². The van der Waals surface area contributed by atoms with E-state index in [1.807, 2.05) is 0 Å². The molecule has 0 aliphatic carbocycles.